The monoisotopic (exact) mass is 247 g/mol. The van der Waals surface area contributed by atoms with Crippen LogP contribution in [0, 0.1) is 6.92 Å². The molecule has 0 saturated carbocycles. The van der Waals surface area contributed by atoms with Gasteiger partial charge in [-0.1, -0.05) is 38.1 Å². The minimum atomic E-state index is -0.552. The van der Waals surface area contributed by atoms with Crippen molar-refractivity contribution in [1.29, 1.82) is 0 Å². The standard InChI is InChI=1S/C14H17NOS/c1-9(2)11-4-6-12(7-5-11)13(16)14-10(3)8-15-17-14/h4-9,13,16H,1-3H3/t13-/m0/s1. The molecule has 1 N–H and O–H groups in total. The summed E-state index contributed by atoms with van der Waals surface area (Å²) in [5, 5.41) is 10.3. The van der Waals surface area contributed by atoms with E-state index in [4.69, 9.17) is 0 Å². The molecule has 90 valence electrons. The normalized spacial score (nSPS) is 13.0. The summed E-state index contributed by atoms with van der Waals surface area (Å²) in [6, 6.07) is 8.16. The van der Waals surface area contributed by atoms with Crippen molar-refractivity contribution in [3.8, 4) is 0 Å². The van der Waals surface area contributed by atoms with E-state index >= 15 is 0 Å². The van der Waals surface area contributed by atoms with Crippen molar-refractivity contribution in [3.63, 3.8) is 0 Å². The van der Waals surface area contributed by atoms with Crippen LogP contribution < -0.4 is 0 Å². The van der Waals surface area contributed by atoms with Gasteiger partial charge in [-0.2, -0.15) is 0 Å². The summed E-state index contributed by atoms with van der Waals surface area (Å²) >= 11 is 1.36. The maximum absolute atomic E-state index is 10.3. The van der Waals surface area contributed by atoms with Gasteiger partial charge in [-0.05, 0) is 41.1 Å². The van der Waals surface area contributed by atoms with Gasteiger partial charge in [0.1, 0.15) is 6.10 Å². The van der Waals surface area contributed by atoms with E-state index in [2.05, 4.69) is 30.4 Å². The molecule has 0 amide bonds. The lowest BCUT2D eigenvalue weighted by Crippen LogP contribution is -1.99. The molecule has 0 radical (unpaired) electrons. The first-order valence-electron chi connectivity index (χ1n) is 5.78. The molecule has 0 bridgehead atoms. The largest absolute Gasteiger partial charge is 0.383 e. The van der Waals surface area contributed by atoms with E-state index in [1.54, 1.807) is 6.20 Å². The maximum atomic E-state index is 10.3. The molecule has 1 aromatic heterocycles. The SMILES string of the molecule is Cc1cnsc1[C@@H](O)c1ccc(C(C)C)cc1. The van der Waals surface area contributed by atoms with Crippen LogP contribution in [0.25, 0.3) is 0 Å². The summed E-state index contributed by atoms with van der Waals surface area (Å²) in [6.07, 6.45) is 1.25. The molecule has 2 rings (SSSR count). The number of nitrogens with zero attached hydrogens (tertiary/aromatic N) is 1. The lowest BCUT2D eigenvalue weighted by molar-refractivity contribution is 0.223. The molecular weight excluding hydrogens is 230 g/mol. The van der Waals surface area contributed by atoms with Gasteiger partial charge in [-0.25, -0.2) is 4.37 Å². The zero-order chi connectivity index (χ0) is 12.4. The van der Waals surface area contributed by atoms with Crippen molar-refractivity contribution < 1.29 is 5.11 Å². The van der Waals surface area contributed by atoms with E-state index in [9.17, 15) is 5.11 Å². The fraction of sp³-hybridized carbons (Fsp3) is 0.357. The van der Waals surface area contributed by atoms with Gasteiger partial charge in [-0.15, -0.1) is 0 Å². The number of aliphatic hydroxyl groups excluding tert-OH is 1. The van der Waals surface area contributed by atoms with E-state index in [0.29, 0.717) is 5.92 Å². The summed E-state index contributed by atoms with van der Waals surface area (Å²) in [5.41, 5.74) is 3.28. The number of aromatic nitrogens is 1. The molecule has 0 spiro atoms. The molecule has 2 aromatic rings. The summed E-state index contributed by atoms with van der Waals surface area (Å²) in [4.78, 5) is 0.933. The molecular formula is C14H17NOS. The van der Waals surface area contributed by atoms with Crippen LogP contribution in [0.2, 0.25) is 0 Å². The average Bonchev–Trinajstić information content (AvgIpc) is 2.74. The predicted molar refractivity (Wildman–Crippen MR) is 71.4 cm³/mol. The Hall–Kier alpha value is -1.19. The van der Waals surface area contributed by atoms with Gasteiger partial charge in [0, 0.05) is 6.20 Å². The smallest absolute Gasteiger partial charge is 0.115 e. The van der Waals surface area contributed by atoms with Gasteiger partial charge in [0.15, 0.2) is 0 Å². The quantitative estimate of drug-likeness (QED) is 0.898. The fourth-order valence-electron chi connectivity index (χ4n) is 1.78. The van der Waals surface area contributed by atoms with Gasteiger partial charge >= 0.3 is 0 Å². The Bertz CT molecular complexity index is 487. The summed E-state index contributed by atoms with van der Waals surface area (Å²) in [6.45, 7) is 6.31. The first-order chi connectivity index (χ1) is 8.09. The summed E-state index contributed by atoms with van der Waals surface area (Å²) < 4.78 is 4.10. The number of aliphatic hydroxyl groups is 1. The second-order valence-corrected chi connectivity index (χ2v) is 5.43. The minimum Gasteiger partial charge on any atom is -0.383 e. The Morgan fingerprint density at radius 3 is 2.18 bits per heavy atom. The first kappa shape index (κ1) is 12.3. The zero-order valence-corrected chi connectivity index (χ0v) is 11.2. The van der Waals surface area contributed by atoms with Crippen molar-refractivity contribution in [1.82, 2.24) is 4.37 Å². The first-order valence-corrected chi connectivity index (χ1v) is 6.56. The molecule has 1 heterocycles. The highest BCUT2D eigenvalue weighted by Gasteiger charge is 2.15. The highest BCUT2D eigenvalue weighted by Crippen LogP contribution is 2.28. The molecule has 0 aliphatic rings. The maximum Gasteiger partial charge on any atom is 0.115 e. The molecule has 2 nitrogen and oxygen atoms in total. The molecule has 0 unspecified atom stereocenters. The van der Waals surface area contributed by atoms with E-state index in [1.807, 2.05) is 19.1 Å². The van der Waals surface area contributed by atoms with Gasteiger partial charge in [0.2, 0.25) is 0 Å². The van der Waals surface area contributed by atoms with Crippen LogP contribution in [-0.2, 0) is 0 Å². The van der Waals surface area contributed by atoms with E-state index in [0.717, 1.165) is 16.0 Å². The van der Waals surface area contributed by atoms with Crippen molar-refractivity contribution in [3.05, 3.63) is 52.0 Å². The van der Waals surface area contributed by atoms with Gasteiger partial charge in [0.05, 0.1) is 4.88 Å². The van der Waals surface area contributed by atoms with Gasteiger partial charge in [-0.3, -0.25) is 0 Å². The Morgan fingerprint density at radius 2 is 1.71 bits per heavy atom. The number of hydrogen-bond donors (Lipinski definition) is 1. The third-order valence-corrected chi connectivity index (χ3v) is 3.91. The van der Waals surface area contributed by atoms with E-state index in [-0.39, 0.29) is 0 Å². The topological polar surface area (TPSA) is 33.1 Å². The molecule has 17 heavy (non-hydrogen) atoms. The minimum absolute atomic E-state index is 0.520. The summed E-state index contributed by atoms with van der Waals surface area (Å²) in [5.74, 6) is 0.520. The number of aryl methyl sites for hydroxylation is 1. The molecule has 3 heteroatoms. The fourth-order valence-corrected chi connectivity index (χ4v) is 2.53. The van der Waals surface area contributed by atoms with Crippen LogP contribution in [0.3, 0.4) is 0 Å². The number of rotatable bonds is 3. The van der Waals surface area contributed by atoms with Crippen LogP contribution >= 0.6 is 11.5 Å². The van der Waals surface area contributed by atoms with Crippen molar-refractivity contribution in [2.24, 2.45) is 0 Å². The molecule has 0 fully saturated rings. The third kappa shape index (κ3) is 2.56. The highest BCUT2D eigenvalue weighted by molar-refractivity contribution is 7.06. The highest BCUT2D eigenvalue weighted by atomic mass is 32.1. The lowest BCUT2D eigenvalue weighted by Gasteiger charge is -2.11. The molecule has 0 saturated heterocycles. The van der Waals surface area contributed by atoms with Crippen molar-refractivity contribution in [2.45, 2.75) is 32.8 Å². The second kappa shape index (κ2) is 4.98. The zero-order valence-electron chi connectivity index (χ0n) is 10.3. The Balaban J connectivity index is 2.26. The average molecular weight is 247 g/mol. The lowest BCUT2D eigenvalue weighted by atomic mass is 9.99. The van der Waals surface area contributed by atoms with Crippen molar-refractivity contribution in [2.75, 3.05) is 0 Å². The molecule has 1 aromatic carbocycles. The Morgan fingerprint density at radius 1 is 1.12 bits per heavy atom. The van der Waals surface area contributed by atoms with Crippen LogP contribution in [-0.4, -0.2) is 9.48 Å². The van der Waals surface area contributed by atoms with Gasteiger partial charge in [0.25, 0.3) is 0 Å². The molecule has 0 aliphatic carbocycles. The van der Waals surface area contributed by atoms with Gasteiger partial charge < -0.3 is 5.11 Å². The third-order valence-electron chi connectivity index (χ3n) is 2.95. The van der Waals surface area contributed by atoms with Crippen LogP contribution in [0.1, 0.15) is 47.4 Å². The van der Waals surface area contributed by atoms with Crippen LogP contribution in [0.4, 0.5) is 0 Å². The van der Waals surface area contributed by atoms with Crippen LogP contribution in [0.15, 0.2) is 30.5 Å². The number of benzene rings is 1. The molecule has 1 atom stereocenters. The second-order valence-electron chi connectivity index (χ2n) is 4.60. The summed E-state index contributed by atoms with van der Waals surface area (Å²) in [7, 11) is 0. The van der Waals surface area contributed by atoms with E-state index in [1.165, 1.54) is 17.1 Å². The van der Waals surface area contributed by atoms with E-state index < -0.39 is 6.10 Å². The Kier molecular flexibility index (Phi) is 3.60. The number of hydrogen-bond acceptors (Lipinski definition) is 3. The molecule has 0 aliphatic heterocycles. The predicted octanol–water partition coefficient (Wildman–Crippen LogP) is 3.66. The van der Waals surface area contributed by atoms with Crippen LogP contribution in [0.5, 0.6) is 0 Å². The Labute approximate surface area is 106 Å². The van der Waals surface area contributed by atoms with Crippen molar-refractivity contribution >= 4 is 11.5 Å².